The fourth-order valence-electron chi connectivity index (χ4n) is 1.32. The summed E-state index contributed by atoms with van der Waals surface area (Å²) in [7, 11) is 0. The highest BCUT2D eigenvalue weighted by Gasteiger charge is 2.07. The maximum Gasteiger partial charge on any atom is 0.115 e. The van der Waals surface area contributed by atoms with Gasteiger partial charge in [0.05, 0.1) is 15.7 Å². The first-order valence-electron chi connectivity index (χ1n) is 4.79. The van der Waals surface area contributed by atoms with Crippen LogP contribution in [0, 0.1) is 0 Å². The molecule has 2 rings (SSSR count). The van der Waals surface area contributed by atoms with Gasteiger partial charge in [0.1, 0.15) is 6.33 Å². The Morgan fingerprint density at radius 1 is 1.00 bits per heavy atom. The second kappa shape index (κ2) is 5.54. The average Bonchev–Trinajstić information content (AvgIpc) is 2.29. The van der Waals surface area contributed by atoms with Gasteiger partial charge in [-0.05, 0) is 12.1 Å². The van der Waals surface area contributed by atoms with E-state index in [2.05, 4.69) is 15.3 Å². The van der Waals surface area contributed by atoms with Crippen molar-refractivity contribution in [2.45, 2.75) is 6.54 Å². The normalized spacial score (nSPS) is 10.3. The molecule has 3 nitrogen and oxygen atoms in total. The lowest BCUT2D eigenvalue weighted by Crippen LogP contribution is -2.01. The van der Waals surface area contributed by atoms with Crippen LogP contribution in [0.2, 0.25) is 15.1 Å². The molecule has 0 amide bonds. The van der Waals surface area contributed by atoms with Gasteiger partial charge < -0.3 is 5.32 Å². The van der Waals surface area contributed by atoms with Crippen LogP contribution in [0.1, 0.15) is 5.56 Å². The van der Waals surface area contributed by atoms with Crippen molar-refractivity contribution in [3.05, 3.63) is 51.5 Å². The number of hydrogen-bond acceptors (Lipinski definition) is 3. The lowest BCUT2D eigenvalue weighted by atomic mass is 10.3. The largest absolute Gasteiger partial charge is 0.378 e. The third-order valence-electron chi connectivity index (χ3n) is 2.09. The van der Waals surface area contributed by atoms with Crippen LogP contribution < -0.4 is 5.32 Å². The van der Waals surface area contributed by atoms with Crippen LogP contribution in [-0.4, -0.2) is 9.97 Å². The third-order valence-corrected chi connectivity index (χ3v) is 2.90. The predicted octanol–water partition coefficient (Wildman–Crippen LogP) is 4.05. The minimum absolute atomic E-state index is 0.486. The van der Waals surface area contributed by atoms with E-state index < -0.39 is 0 Å². The number of benzene rings is 1. The summed E-state index contributed by atoms with van der Waals surface area (Å²) in [5, 5.41) is 4.60. The molecular weight excluding hydrogens is 281 g/mol. The predicted molar refractivity (Wildman–Crippen MR) is 70.8 cm³/mol. The summed E-state index contributed by atoms with van der Waals surface area (Å²) in [6.45, 7) is 0.544. The van der Waals surface area contributed by atoms with E-state index in [1.54, 1.807) is 24.5 Å². The Hall–Kier alpha value is -1.03. The quantitative estimate of drug-likeness (QED) is 0.926. The summed E-state index contributed by atoms with van der Waals surface area (Å²) >= 11 is 17.9. The standard InChI is InChI=1S/C11H8Cl3N3/c12-8-1-9(13)11(10(14)2-8)17-5-7-3-15-6-16-4-7/h1-4,6,17H,5H2. The van der Waals surface area contributed by atoms with E-state index in [1.165, 1.54) is 6.33 Å². The van der Waals surface area contributed by atoms with Gasteiger partial charge in [0.25, 0.3) is 0 Å². The molecule has 0 aliphatic rings. The maximum atomic E-state index is 6.04. The van der Waals surface area contributed by atoms with E-state index in [4.69, 9.17) is 34.8 Å². The Bertz CT molecular complexity index is 494. The lowest BCUT2D eigenvalue weighted by molar-refractivity contribution is 1.05. The third kappa shape index (κ3) is 3.22. The van der Waals surface area contributed by atoms with Crippen molar-refractivity contribution in [2.75, 3.05) is 5.32 Å². The van der Waals surface area contributed by atoms with Gasteiger partial charge in [0.15, 0.2) is 0 Å². The highest BCUT2D eigenvalue weighted by Crippen LogP contribution is 2.33. The zero-order chi connectivity index (χ0) is 12.3. The van der Waals surface area contributed by atoms with Crippen LogP contribution in [-0.2, 0) is 6.54 Å². The van der Waals surface area contributed by atoms with Gasteiger partial charge in [-0.15, -0.1) is 0 Å². The Labute approximate surface area is 114 Å². The van der Waals surface area contributed by atoms with E-state index >= 15 is 0 Å². The van der Waals surface area contributed by atoms with Crippen molar-refractivity contribution in [3.63, 3.8) is 0 Å². The van der Waals surface area contributed by atoms with Crippen molar-refractivity contribution in [2.24, 2.45) is 0 Å². The smallest absolute Gasteiger partial charge is 0.115 e. The van der Waals surface area contributed by atoms with E-state index in [9.17, 15) is 0 Å². The molecule has 0 unspecified atom stereocenters. The van der Waals surface area contributed by atoms with Crippen LogP contribution in [0.15, 0.2) is 30.9 Å². The Balaban J connectivity index is 2.15. The number of nitrogens with one attached hydrogen (secondary N) is 1. The van der Waals surface area contributed by atoms with Crippen molar-refractivity contribution in [1.29, 1.82) is 0 Å². The average molecular weight is 289 g/mol. The molecular formula is C11H8Cl3N3. The summed E-state index contributed by atoms with van der Waals surface area (Å²) in [5.41, 5.74) is 1.59. The van der Waals surface area contributed by atoms with Crippen molar-refractivity contribution >= 4 is 40.5 Å². The molecule has 0 bridgehead atoms. The zero-order valence-electron chi connectivity index (χ0n) is 8.62. The van der Waals surface area contributed by atoms with Crippen molar-refractivity contribution in [3.8, 4) is 0 Å². The molecule has 0 saturated heterocycles. The molecule has 0 atom stereocenters. The molecule has 0 aliphatic carbocycles. The zero-order valence-corrected chi connectivity index (χ0v) is 10.9. The molecule has 1 aromatic carbocycles. The fourth-order valence-corrected chi connectivity index (χ4v) is 2.27. The summed E-state index contributed by atoms with van der Waals surface area (Å²) in [4.78, 5) is 7.84. The SMILES string of the molecule is Clc1cc(Cl)c(NCc2cncnc2)c(Cl)c1. The molecule has 0 saturated carbocycles. The molecule has 88 valence electrons. The second-order valence-electron chi connectivity index (χ2n) is 3.34. The number of anilines is 1. The summed E-state index contributed by atoms with van der Waals surface area (Å²) in [5.74, 6) is 0. The van der Waals surface area contributed by atoms with Gasteiger partial charge in [-0.3, -0.25) is 0 Å². The van der Waals surface area contributed by atoms with Crippen LogP contribution in [0.3, 0.4) is 0 Å². The lowest BCUT2D eigenvalue weighted by Gasteiger charge is -2.10. The van der Waals surface area contributed by atoms with Gasteiger partial charge >= 0.3 is 0 Å². The van der Waals surface area contributed by atoms with Gasteiger partial charge in [0, 0.05) is 29.5 Å². The molecule has 1 heterocycles. The van der Waals surface area contributed by atoms with Gasteiger partial charge in [-0.1, -0.05) is 34.8 Å². The minimum atomic E-state index is 0.486. The summed E-state index contributed by atoms with van der Waals surface area (Å²) in [6.07, 6.45) is 4.92. The maximum absolute atomic E-state index is 6.04. The van der Waals surface area contributed by atoms with E-state index in [-0.39, 0.29) is 0 Å². The molecule has 1 aromatic heterocycles. The Kier molecular flexibility index (Phi) is 4.05. The van der Waals surface area contributed by atoms with Crippen LogP contribution >= 0.6 is 34.8 Å². The molecule has 6 heteroatoms. The molecule has 1 N–H and O–H groups in total. The highest BCUT2D eigenvalue weighted by atomic mass is 35.5. The molecule has 0 aliphatic heterocycles. The Morgan fingerprint density at radius 2 is 1.59 bits per heavy atom. The van der Waals surface area contributed by atoms with Crippen LogP contribution in [0.4, 0.5) is 5.69 Å². The second-order valence-corrected chi connectivity index (χ2v) is 4.60. The first-order valence-corrected chi connectivity index (χ1v) is 5.92. The number of hydrogen-bond donors (Lipinski definition) is 1. The van der Waals surface area contributed by atoms with E-state index in [0.717, 1.165) is 5.56 Å². The van der Waals surface area contributed by atoms with Gasteiger partial charge in [-0.25, -0.2) is 9.97 Å². The van der Waals surface area contributed by atoms with Crippen molar-refractivity contribution < 1.29 is 0 Å². The molecule has 2 aromatic rings. The Morgan fingerprint density at radius 3 is 2.18 bits per heavy atom. The van der Waals surface area contributed by atoms with Gasteiger partial charge in [-0.2, -0.15) is 0 Å². The first-order chi connectivity index (χ1) is 8.16. The molecule has 0 radical (unpaired) electrons. The topological polar surface area (TPSA) is 37.8 Å². The number of nitrogens with zero attached hydrogens (tertiary/aromatic N) is 2. The minimum Gasteiger partial charge on any atom is -0.378 e. The molecule has 0 spiro atoms. The van der Waals surface area contributed by atoms with Gasteiger partial charge in [0.2, 0.25) is 0 Å². The summed E-state index contributed by atoms with van der Waals surface area (Å²) in [6, 6.07) is 3.28. The number of halogens is 3. The number of aromatic nitrogens is 2. The molecule has 17 heavy (non-hydrogen) atoms. The number of rotatable bonds is 3. The van der Waals surface area contributed by atoms with E-state index in [0.29, 0.717) is 27.3 Å². The van der Waals surface area contributed by atoms with Crippen LogP contribution in [0.5, 0.6) is 0 Å². The van der Waals surface area contributed by atoms with E-state index in [1.807, 2.05) is 0 Å². The summed E-state index contributed by atoms with van der Waals surface area (Å²) < 4.78 is 0. The molecule has 0 fully saturated rings. The highest BCUT2D eigenvalue weighted by molar-refractivity contribution is 6.41. The van der Waals surface area contributed by atoms with Crippen molar-refractivity contribution in [1.82, 2.24) is 9.97 Å². The van der Waals surface area contributed by atoms with Crippen LogP contribution in [0.25, 0.3) is 0 Å². The first kappa shape index (κ1) is 12.4. The monoisotopic (exact) mass is 287 g/mol. The fraction of sp³-hybridized carbons (Fsp3) is 0.0909.